The van der Waals surface area contributed by atoms with Gasteiger partial charge in [-0.15, -0.1) is 0 Å². The maximum absolute atomic E-state index is 13.2. The first-order chi connectivity index (χ1) is 13.9. The zero-order valence-corrected chi connectivity index (χ0v) is 16.9. The number of hydrogen-bond donors (Lipinski definition) is 1. The molecule has 0 spiro atoms. The lowest BCUT2D eigenvalue weighted by Gasteiger charge is -2.27. The molecule has 5 heteroatoms. The normalized spacial score (nSPS) is 15.1. The summed E-state index contributed by atoms with van der Waals surface area (Å²) in [6, 6.07) is 11.2. The van der Waals surface area contributed by atoms with Crippen LogP contribution >= 0.6 is 0 Å². The van der Waals surface area contributed by atoms with Gasteiger partial charge in [0, 0.05) is 47.9 Å². The minimum absolute atomic E-state index is 0.122. The quantitative estimate of drug-likeness (QED) is 0.516. The van der Waals surface area contributed by atoms with E-state index in [0.29, 0.717) is 17.0 Å². The number of carbonyl (C=O) groups is 1. The fraction of sp³-hybridized carbons (Fsp3) is 0.292. The summed E-state index contributed by atoms with van der Waals surface area (Å²) >= 11 is 0. The molecule has 0 bridgehead atoms. The molecular formula is C24H26FN3O. The van der Waals surface area contributed by atoms with Gasteiger partial charge in [-0.3, -0.25) is 14.4 Å². The monoisotopic (exact) mass is 391 g/mol. The summed E-state index contributed by atoms with van der Waals surface area (Å²) in [6.45, 7) is 7.52. The van der Waals surface area contributed by atoms with Crippen LogP contribution in [0.15, 0.2) is 54.7 Å². The lowest BCUT2D eigenvalue weighted by Crippen LogP contribution is -2.31. The fourth-order valence-electron chi connectivity index (χ4n) is 4.06. The van der Waals surface area contributed by atoms with Gasteiger partial charge in [0.2, 0.25) is 0 Å². The van der Waals surface area contributed by atoms with E-state index < -0.39 is 0 Å². The Labute approximate surface area is 170 Å². The number of aromatic nitrogens is 1. The Morgan fingerprint density at radius 1 is 1.14 bits per heavy atom. The van der Waals surface area contributed by atoms with E-state index in [0.717, 1.165) is 42.5 Å². The van der Waals surface area contributed by atoms with Crippen LogP contribution in [0.5, 0.6) is 0 Å². The Kier molecular flexibility index (Phi) is 5.24. The first kappa shape index (κ1) is 19.4. The van der Waals surface area contributed by atoms with E-state index in [2.05, 4.69) is 24.8 Å². The number of fused-ring (bicyclic) bond motifs is 1. The van der Waals surface area contributed by atoms with Gasteiger partial charge in [-0.05, 0) is 60.4 Å². The molecule has 2 heterocycles. The van der Waals surface area contributed by atoms with Crippen molar-refractivity contribution in [2.24, 2.45) is 5.92 Å². The predicted octanol–water partition coefficient (Wildman–Crippen LogP) is 4.47. The van der Waals surface area contributed by atoms with Crippen LogP contribution in [-0.2, 0) is 0 Å². The Bertz CT molecular complexity index is 1080. The van der Waals surface area contributed by atoms with Crippen molar-refractivity contribution in [3.8, 4) is 0 Å². The molecule has 29 heavy (non-hydrogen) atoms. The number of benzene rings is 2. The number of nitrogen functional groups attached to an aromatic ring is 1. The van der Waals surface area contributed by atoms with Crippen LogP contribution in [0.3, 0.4) is 0 Å². The van der Waals surface area contributed by atoms with Gasteiger partial charge in [0.05, 0.1) is 5.52 Å². The summed E-state index contributed by atoms with van der Waals surface area (Å²) in [5.41, 5.74) is 4.29. The van der Waals surface area contributed by atoms with Gasteiger partial charge in [0.15, 0.2) is 5.78 Å². The highest BCUT2D eigenvalue weighted by Crippen LogP contribution is 2.31. The molecule has 4 rings (SSSR count). The molecule has 0 saturated heterocycles. The number of ketones is 1. The van der Waals surface area contributed by atoms with Crippen LogP contribution in [0.25, 0.3) is 16.5 Å². The third-order valence-electron chi connectivity index (χ3n) is 5.46. The highest BCUT2D eigenvalue weighted by Gasteiger charge is 2.19. The lowest BCUT2D eigenvalue weighted by atomic mass is 9.96. The molecule has 0 saturated carbocycles. The van der Waals surface area contributed by atoms with E-state index in [1.54, 1.807) is 10.7 Å². The number of carbonyl (C=O) groups excluding carboxylic acids is 1. The molecule has 0 aliphatic carbocycles. The van der Waals surface area contributed by atoms with Gasteiger partial charge in [-0.2, -0.15) is 0 Å². The minimum atomic E-state index is -0.352. The summed E-state index contributed by atoms with van der Waals surface area (Å²) in [4.78, 5) is 15.3. The molecule has 0 unspecified atom stereocenters. The van der Waals surface area contributed by atoms with Crippen LogP contribution in [0.2, 0.25) is 0 Å². The second-order valence-electron chi connectivity index (χ2n) is 8.15. The highest BCUT2D eigenvalue weighted by molar-refractivity contribution is 6.11. The minimum Gasteiger partial charge on any atom is -0.339 e. The van der Waals surface area contributed by atoms with Crippen molar-refractivity contribution >= 4 is 22.3 Å². The lowest BCUT2D eigenvalue weighted by molar-refractivity contribution is 0.103. The third kappa shape index (κ3) is 3.96. The van der Waals surface area contributed by atoms with Crippen molar-refractivity contribution in [1.82, 2.24) is 9.58 Å². The Hall–Kier alpha value is -2.92. The Balaban J connectivity index is 1.67. The topological polar surface area (TPSA) is 51.3 Å². The molecule has 4 nitrogen and oxygen atoms in total. The van der Waals surface area contributed by atoms with Crippen LogP contribution in [0.4, 0.5) is 4.39 Å². The van der Waals surface area contributed by atoms with E-state index in [1.165, 1.54) is 29.8 Å². The van der Waals surface area contributed by atoms with Crippen molar-refractivity contribution in [1.29, 1.82) is 0 Å². The summed E-state index contributed by atoms with van der Waals surface area (Å²) in [5.74, 6) is 6.36. The smallest absolute Gasteiger partial charge is 0.193 e. The number of nitrogens with zero attached hydrogens (tertiary/aromatic N) is 2. The average Bonchev–Trinajstić information content (AvgIpc) is 3.04. The van der Waals surface area contributed by atoms with Crippen LogP contribution in [-0.4, -0.2) is 35.0 Å². The van der Waals surface area contributed by atoms with Gasteiger partial charge in [0.25, 0.3) is 0 Å². The third-order valence-corrected chi connectivity index (χ3v) is 5.46. The Morgan fingerprint density at radius 3 is 2.52 bits per heavy atom. The predicted molar refractivity (Wildman–Crippen MR) is 116 cm³/mol. The van der Waals surface area contributed by atoms with E-state index >= 15 is 0 Å². The number of halogens is 1. The zero-order chi connectivity index (χ0) is 20.5. The van der Waals surface area contributed by atoms with Crippen molar-refractivity contribution in [3.05, 3.63) is 77.2 Å². The summed E-state index contributed by atoms with van der Waals surface area (Å²) in [7, 11) is 0. The van der Waals surface area contributed by atoms with Crippen molar-refractivity contribution < 1.29 is 9.18 Å². The van der Waals surface area contributed by atoms with Crippen LogP contribution in [0, 0.1) is 11.7 Å². The van der Waals surface area contributed by atoms with Gasteiger partial charge in [-0.1, -0.05) is 19.9 Å². The number of nitrogens with two attached hydrogens (primary N) is 1. The molecule has 0 fully saturated rings. The molecule has 2 N–H and O–H groups in total. The fourth-order valence-corrected chi connectivity index (χ4v) is 4.06. The van der Waals surface area contributed by atoms with Gasteiger partial charge in [0.1, 0.15) is 5.82 Å². The largest absolute Gasteiger partial charge is 0.339 e. The van der Waals surface area contributed by atoms with Gasteiger partial charge in [-0.25, -0.2) is 4.39 Å². The van der Waals surface area contributed by atoms with E-state index in [4.69, 9.17) is 5.84 Å². The molecule has 3 aromatic rings. The standard InChI is InChI=1S/C24H26FN3O/c1-16(2)14-27-11-9-17(10-12-27)22-15-28(26)23-8-5-19(13-21(22)23)24(29)18-3-6-20(25)7-4-18/h3-9,13,15-16H,10-12,14,26H2,1-2H3. The number of rotatable bonds is 5. The zero-order valence-electron chi connectivity index (χ0n) is 16.9. The van der Waals surface area contributed by atoms with E-state index in [9.17, 15) is 9.18 Å². The second-order valence-corrected chi connectivity index (χ2v) is 8.15. The van der Waals surface area contributed by atoms with Gasteiger partial charge < -0.3 is 5.84 Å². The second kappa shape index (κ2) is 7.84. The molecule has 1 aliphatic rings. The van der Waals surface area contributed by atoms with Crippen molar-refractivity contribution in [3.63, 3.8) is 0 Å². The number of hydrogen-bond acceptors (Lipinski definition) is 3. The SMILES string of the molecule is CC(C)CN1CC=C(c2cn(N)c3ccc(C(=O)c4ccc(F)cc4)cc23)CC1. The Morgan fingerprint density at radius 2 is 1.86 bits per heavy atom. The van der Waals surface area contributed by atoms with Crippen LogP contribution < -0.4 is 5.84 Å². The summed E-state index contributed by atoms with van der Waals surface area (Å²) in [6.07, 6.45) is 5.18. The van der Waals surface area contributed by atoms with E-state index in [-0.39, 0.29) is 11.6 Å². The molecular weight excluding hydrogens is 365 g/mol. The van der Waals surface area contributed by atoms with Crippen LogP contribution in [0.1, 0.15) is 41.8 Å². The maximum Gasteiger partial charge on any atom is 0.193 e. The maximum atomic E-state index is 13.2. The molecule has 1 aromatic heterocycles. The van der Waals surface area contributed by atoms with Gasteiger partial charge >= 0.3 is 0 Å². The molecule has 0 radical (unpaired) electrons. The first-order valence-electron chi connectivity index (χ1n) is 10.0. The molecule has 0 atom stereocenters. The molecule has 150 valence electrons. The molecule has 2 aromatic carbocycles. The molecule has 0 amide bonds. The summed E-state index contributed by atoms with van der Waals surface area (Å²) in [5, 5.41) is 0.976. The average molecular weight is 391 g/mol. The molecule has 1 aliphatic heterocycles. The summed E-state index contributed by atoms with van der Waals surface area (Å²) < 4.78 is 14.8. The van der Waals surface area contributed by atoms with E-state index in [1.807, 2.05) is 18.3 Å². The first-order valence-corrected chi connectivity index (χ1v) is 10.0. The van der Waals surface area contributed by atoms with Crippen molar-refractivity contribution in [2.75, 3.05) is 25.5 Å². The van der Waals surface area contributed by atoms with Crippen molar-refractivity contribution in [2.45, 2.75) is 20.3 Å². The highest BCUT2D eigenvalue weighted by atomic mass is 19.1.